The highest BCUT2D eigenvalue weighted by Gasteiger charge is 2.08. The average Bonchev–Trinajstić information content (AvgIpc) is 1.80. The van der Waals surface area contributed by atoms with E-state index in [4.69, 9.17) is 0 Å². The van der Waals surface area contributed by atoms with Crippen molar-refractivity contribution in [3.05, 3.63) is 22.7 Å². The zero-order valence-corrected chi connectivity index (χ0v) is 6.01. The summed E-state index contributed by atoms with van der Waals surface area (Å²) >= 11 is 2.93. The maximum Gasteiger partial charge on any atom is 0.193 e. The largest absolute Gasteiger partial charge is 0.290 e. The topological polar surface area (TPSA) is 34.1 Å². The van der Waals surface area contributed by atoms with Crippen LogP contribution in [-0.2, 0) is 9.59 Å². The summed E-state index contributed by atoms with van der Waals surface area (Å²) in [6, 6.07) is 0. The van der Waals surface area contributed by atoms with Crippen LogP contribution in [0.2, 0.25) is 0 Å². The van der Waals surface area contributed by atoms with E-state index in [2.05, 4.69) is 15.9 Å². The molecule has 9 heavy (non-hydrogen) atoms. The van der Waals surface area contributed by atoms with Crippen molar-refractivity contribution in [2.45, 2.75) is 0 Å². The molecule has 0 aliphatic heterocycles. The molecular weight excluding hydrogens is 184 g/mol. The van der Waals surface area contributed by atoms with Gasteiger partial charge in [0.25, 0.3) is 0 Å². The van der Waals surface area contributed by atoms with E-state index in [0.29, 0.717) is 4.48 Å². The van der Waals surface area contributed by atoms with Gasteiger partial charge < -0.3 is 0 Å². The lowest BCUT2D eigenvalue weighted by Gasteiger charge is -1.95. The molecule has 0 aromatic heterocycles. The second-order valence-electron chi connectivity index (χ2n) is 1.59. The molecule has 46 valence electrons. The molecule has 0 N–H and O–H groups in total. The van der Waals surface area contributed by atoms with E-state index in [0.717, 1.165) is 0 Å². The third kappa shape index (κ3) is 1.36. The van der Waals surface area contributed by atoms with Crippen LogP contribution in [0.15, 0.2) is 22.7 Å². The lowest BCUT2D eigenvalue weighted by Crippen LogP contribution is -2.01. The Morgan fingerprint density at radius 1 is 1.22 bits per heavy atom. The first-order valence-electron chi connectivity index (χ1n) is 2.34. The fraction of sp³-hybridized carbons (Fsp3) is 0. The van der Waals surface area contributed by atoms with Gasteiger partial charge in [-0.1, -0.05) is 0 Å². The number of halogens is 1. The lowest BCUT2D eigenvalue weighted by molar-refractivity contribution is -0.114. The zero-order chi connectivity index (χ0) is 6.85. The SMILES string of the molecule is O=C1C=CC(=O)C(Br)=C1. The zero-order valence-electron chi connectivity index (χ0n) is 4.43. The van der Waals surface area contributed by atoms with Crippen molar-refractivity contribution in [2.24, 2.45) is 0 Å². The second-order valence-corrected chi connectivity index (χ2v) is 2.45. The van der Waals surface area contributed by atoms with Crippen molar-refractivity contribution in [3.63, 3.8) is 0 Å². The van der Waals surface area contributed by atoms with Gasteiger partial charge in [0.15, 0.2) is 11.6 Å². The molecule has 3 heteroatoms. The number of hydrogen-bond donors (Lipinski definition) is 0. The number of hydrogen-bond acceptors (Lipinski definition) is 2. The molecule has 0 bridgehead atoms. The molecular formula is C6H3BrO2. The molecule has 1 rings (SSSR count). The van der Waals surface area contributed by atoms with Crippen LogP contribution in [0.5, 0.6) is 0 Å². The van der Waals surface area contributed by atoms with Crippen molar-refractivity contribution in [1.82, 2.24) is 0 Å². The van der Waals surface area contributed by atoms with Crippen LogP contribution in [0.25, 0.3) is 0 Å². The average molecular weight is 187 g/mol. The highest BCUT2D eigenvalue weighted by molar-refractivity contribution is 9.12. The molecule has 0 saturated heterocycles. The van der Waals surface area contributed by atoms with E-state index in [-0.39, 0.29) is 11.6 Å². The molecule has 0 saturated carbocycles. The standard InChI is InChI=1S/C6H3BrO2/c7-5-3-4(8)1-2-6(5)9/h1-3H. The minimum atomic E-state index is -0.158. The van der Waals surface area contributed by atoms with Gasteiger partial charge in [-0.2, -0.15) is 0 Å². The van der Waals surface area contributed by atoms with Crippen LogP contribution >= 0.6 is 15.9 Å². The van der Waals surface area contributed by atoms with E-state index in [1.807, 2.05) is 0 Å². The fourth-order valence-electron chi connectivity index (χ4n) is 0.482. The minimum absolute atomic E-state index is 0.151. The van der Waals surface area contributed by atoms with Crippen molar-refractivity contribution in [1.29, 1.82) is 0 Å². The highest BCUT2D eigenvalue weighted by Crippen LogP contribution is 2.10. The van der Waals surface area contributed by atoms with Gasteiger partial charge >= 0.3 is 0 Å². The van der Waals surface area contributed by atoms with Crippen molar-refractivity contribution in [2.75, 3.05) is 0 Å². The summed E-state index contributed by atoms with van der Waals surface area (Å²) in [5.41, 5.74) is 0. The second kappa shape index (κ2) is 2.27. The first-order valence-corrected chi connectivity index (χ1v) is 3.13. The van der Waals surface area contributed by atoms with E-state index < -0.39 is 0 Å². The van der Waals surface area contributed by atoms with Gasteiger partial charge in [-0.3, -0.25) is 9.59 Å². The summed E-state index contributed by atoms with van der Waals surface area (Å²) in [6.45, 7) is 0. The lowest BCUT2D eigenvalue weighted by atomic mass is 10.2. The first-order chi connectivity index (χ1) is 4.20. The van der Waals surface area contributed by atoms with Crippen molar-refractivity contribution < 1.29 is 9.59 Å². The molecule has 0 amide bonds. The molecule has 1 aliphatic rings. The quantitative estimate of drug-likeness (QED) is 0.529. The summed E-state index contributed by atoms with van der Waals surface area (Å²) in [5, 5.41) is 0. The number of carbonyl (C=O) groups excluding carboxylic acids is 2. The molecule has 0 spiro atoms. The Morgan fingerprint density at radius 3 is 2.33 bits per heavy atom. The molecule has 0 radical (unpaired) electrons. The molecule has 1 aliphatic carbocycles. The van der Waals surface area contributed by atoms with Gasteiger partial charge in [0.1, 0.15) is 0 Å². The van der Waals surface area contributed by atoms with E-state index in [1.54, 1.807) is 0 Å². The molecule has 0 heterocycles. The Bertz CT molecular complexity index is 225. The van der Waals surface area contributed by atoms with Gasteiger partial charge in [0.05, 0.1) is 4.48 Å². The van der Waals surface area contributed by atoms with Crippen LogP contribution in [-0.4, -0.2) is 11.6 Å². The first kappa shape index (κ1) is 6.42. The van der Waals surface area contributed by atoms with Crippen LogP contribution in [0.3, 0.4) is 0 Å². The molecule has 0 aromatic carbocycles. The number of carbonyl (C=O) groups is 2. The molecule has 2 nitrogen and oxygen atoms in total. The third-order valence-electron chi connectivity index (χ3n) is 0.903. The summed E-state index contributed by atoms with van der Waals surface area (Å²) in [7, 11) is 0. The number of allylic oxidation sites excluding steroid dienone is 4. The number of ketones is 2. The van der Waals surface area contributed by atoms with Gasteiger partial charge in [-0.05, 0) is 28.1 Å². The molecule has 0 fully saturated rings. The van der Waals surface area contributed by atoms with Crippen LogP contribution < -0.4 is 0 Å². The minimum Gasteiger partial charge on any atom is -0.290 e. The normalized spacial score (nSPS) is 18.1. The Hall–Kier alpha value is -0.700. The Balaban J connectivity index is 2.95. The van der Waals surface area contributed by atoms with Crippen molar-refractivity contribution in [3.8, 4) is 0 Å². The van der Waals surface area contributed by atoms with Gasteiger partial charge in [-0.15, -0.1) is 0 Å². The maximum atomic E-state index is 10.6. The van der Waals surface area contributed by atoms with Gasteiger partial charge in [0.2, 0.25) is 0 Å². The predicted molar refractivity (Wildman–Crippen MR) is 36.2 cm³/mol. The smallest absolute Gasteiger partial charge is 0.193 e. The van der Waals surface area contributed by atoms with E-state index in [9.17, 15) is 9.59 Å². The van der Waals surface area contributed by atoms with Crippen LogP contribution in [0.1, 0.15) is 0 Å². The summed E-state index contributed by atoms with van der Waals surface area (Å²) in [6.07, 6.45) is 3.74. The van der Waals surface area contributed by atoms with Crippen LogP contribution in [0.4, 0.5) is 0 Å². The summed E-state index contributed by atoms with van der Waals surface area (Å²) in [5.74, 6) is -0.309. The fourth-order valence-corrected chi connectivity index (χ4v) is 0.839. The Morgan fingerprint density at radius 2 is 1.89 bits per heavy atom. The molecule has 0 atom stereocenters. The highest BCUT2D eigenvalue weighted by atomic mass is 79.9. The Labute approximate surface area is 60.4 Å². The van der Waals surface area contributed by atoms with Gasteiger partial charge in [0, 0.05) is 6.08 Å². The van der Waals surface area contributed by atoms with Crippen molar-refractivity contribution >= 4 is 27.5 Å². The monoisotopic (exact) mass is 186 g/mol. The summed E-state index contributed by atoms with van der Waals surface area (Å²) in [4.78, 5) is 21.1. The molecule has 0 unspecified atom stereocenters. The molecule has 0 aromatic rings. The summed E-state index contributed by atoms with van der Waals surface area (Å²) < 4.78 is 0.329. The predicted octanol–water partition coefficient (Wildman–Crippen LogP) is 0.973. The number of rotatable bonds is 0. The van der Waals surface area contributed by atoms with E-state index in [1.165, 1.54) is 18.2 Å². The Kier molecular flexibility index (Phi) is 1.62. The van der Waals surface area contributed by atoms with E-state index >= 15 is 0 Å². The maximum absolute atomic E-state index is 10.6. The van der Waals surface area contributed by atoms with Gasteiger partial charge in [-0.25, -0.2) is 0 Å². The van der Waals surface area contributed by atoms with Crippen LogP contribution in [0, 0.1) is 0 Å². The third-order valence-corrected chi connectivity index (χ3v) is 1.52.